The van der Waals surface area contributed by atoms with Crippen molar-refractivity contribution in [2.24, 2.45) is 5.41 Å². The van der Waals surface area contributed by atoms with Gasteiger partial charge in [-0.15, -0.1) is 0 Å². The fraction of sp³-hybridized carbons (Fsp3) is 0.527. The van der Waals surface area contributed by atoms with Crippen LogP contribution in [0.2, 0.25) is 0 Å². The number of aliphatic hydroxyl groups is 4. The first-order valence-corrected chi connectivity index (χ1v) is 45.1. The van der Waals surface area contributed by atoms with Crippen LogP contribution in [0.15, 0.2) is 97.1 Å². The number of hydrogen-bond acceptors (Lipinski definition) is 28. The van der Waals surface area contributed by atoms with E-state index >= 15 is 0 Å². The van der Waals surface area contributed by atoms with Crippen LogP contribution in [0.4, 0.5) is 42.4 Å². The number of rotatable bonds is 56. The van der Waals surface area contributed by atoms with E-state index in [1.54, 1.807) is 55.4 Å². The topological polar surface area (TPSA) is 479 Å². The normalized spacial score (nSPS) is 12.5. The molecule has 40 nitrogen and oxygen atoms in total. The van der Waals surface area contributed by atoms with Gasteiger partial charge in [0.2, 0.25) is 0 Å². The third-order valence-electron chi connectivity index (χ3n) is 20.7. The molecule has 12 rings (SSSR count). The maximum Gasteiger partial charge on any atom is 0.320 e. The lowest BCUT2D eigenvalue weighted by molar-refractivity contribution is -0.121. The first-order chi connectivity index (χ1) is 63.9. The summed E-state index contributed by atoms with van der Waals surface area (Å²) in [6.45, 7) is 26.2. The minimum absolute atomic E-state index is 0.0192. The van der Waals surface area contributed by atoms with Gasteiger partial charge in [0, 0.05) is 74.2 Å². The Kier molecular flexibility index (Phi) is 36.1. The molecule has 0 spiro atoms. The van der Waals surface area contributed by atoms with Gasteiger partial charge in [-0.3, -0.25) is 21.3 Å². The molecule has 12 N–H and O–H groups in total. The van der Waals surface area contributed by atoms with E-state index in [4.69, 9.17) is 96.7 Å². The van der Waals surface area contributed by atoms with Gasteiger partial charge in [-0.2, -0.15) is 0 Å². The Hall–Kier alpha value is -11.2. The summed E-state index contributed by atoms with van der Waals surface area (Å²) in [6.07, 6.45) is 0. The van der Waals surface area contributed by atoms with E-state index in [9.17, 15) is 39.6 Å². The second-order valence-electron chi connectivity index (χ2n) is 34.6. The van der Waals surface area contributed by atoms with E-state index in [0.29, 0.717) is 116 Å². The number of fused-ring (bicyclic) bond motifs is 12. The number of nitrogens with one attached hydrogen (secondary N) is 8. The van der Waals surface area contributed by atoms with Crippen molar-refractivity contribution in [1.29, 1.82) is 0 Å². The summed E-state index contributed by atoms with van der Waals surface area (Å²) in [6, 6.07) is 27.9. The van der Waals surface area contributed by atoms with Gasteiger partial charge in [0.05, 0.1) is 204 Å². The van der Waals surface area contributed by atoms with E-state index in [0.717, 1.165) is 21.5 Å². The molecule has 720 valence electrons. The number of hydrogen-bond donors (Lipinski definition) is 12. The van der Waals surface area contributed by atoms with E-state index < -0.39 is 51.9 Å². The zero-order chi connectivity index (χ0) is 94.7. The van der Waals surface area contributed by atoms with Crippen LogP contribution in [0.3, 0.4) is 0 Å². The Labute approximate surface area is 770 Å². The minimum atomic E-state index is -1.11. The molecule has 0 saturated carbocycles. The van der Waals surface area contributed by atoms with E-state index in [1.165, 1.54) is 0 Å². The number of carbonyl (C=O) groups excluding carboxylic acids is 4. The van der Waals surface area contributed by atoms with Crippen molar-refractivity contribution >= 4 is 135 Å². The summed E-state index contributed by atoms with van der Waals surface area (Å²) in [7, 11) is 0. The lowest BCUT2D eigenvalue weighted by Crippen LogP contribution is -2.43. The highest BCUT2D eigenvalue weighted by atomic mass is 16.6. The average Bonchev–Trinajstić information content (AvgIpc) is 1.69. The van der Waals surface area contributed by atoms with E-state index in [2.05, 4.69) is 42.5 Å². The molecule has 0 unspecified atom stereocenters. The Morgan fingerprint density at radius 3 is 0.692 bits per heavy atom. The highest BCUT2D eigenvalue weighted by Crippen LogP contribution is 2.37. The van der Waals surface area contributed by atoms with Crippen LogP contribution in [0.25, 0.3) is 87.7 Å². The first-order valence-electron chi connectivity index (χ1n) is 45.1. The summed E-state index contributed by atoms with van der Waals surface area (Å²) in [4.78, 5) is 93.4. The number of nitrogens with zero attached hydrogens (tertiary/aromatic N) is 12. The molecule has 0 fully saturated rings. The van der Waals surface area contributed by atoms with Crippen LogP contribution in [-0.2, 0) is 109 Å². The van der Waals surface area contributed by atoms with Crippen LogP contribution in [0.5, 0.6) is 0 Å². The van der Waals surface area contributed by atoms with Crippen LogP contribution >= 0.6 is 0 Å². The number of ether oxygens (including phenoxy) is 12. The predicted octanol–water partition coefficient (Wildman–Crippen LogP) is 10.2. The second-order valence-corrected chi connectivity index (χ2v) is 34.6. The maximum absolute atomic E-state index is 13.7. The van der Waals surface area contributed by atoms with Crippen LogP contribution in [0.1, 0.15) is 106 Å². The van der Waals surface area contributed by atoms with Crippen molar-refractivity contribution in [3.8, 4) is 0 Å². The van der Waals surface area contributed by atoms with Crippen LogP contribution < -0.4 is 42.5 Å². The average molecular weight is 1850 g/mol. The molecule has 0 aliphatic carbocycles. The number of benzene rings is 4. The molecule has 8 aromatic heterocycles. The SMILES string of the molecule is CCOCc1nc2c(NC(=O)NCCOCCOCC(COCCOCCNC(=O)Nc3nc4ccccc4c4c3nc(COCC)n4CC(C)(C)O)(COCCOCCNC(=O)Nc3nc4ccccc4c4c3nc(COCC)n4CC(C)(C)O)COCCOCCNC(=O)Nc3nc4ccccc4c4c3nc(COCC)n4CC(C)(C)O)nc3ccccc3c2n1CC(C)(C)O. The van der Waals surface area contributed by atoms with Gasteiger partial charge in [-0.25, -0.2) is 59.0 Å². The smallest absolute Gasteiger partial charge is 0.320 e. The van der Waals surface area contributed by atoms with Gasteiger partial charge in [0.1, 0.15) is 71.8 Å². The fourth-order valence-electron chi connectivity index (χ4n) is 15.2. The Morgan fingerprint density at radius 2 is 0.489 bits per heavy atom. The van der Waals surface area contributed by atoms with Gasteiger partial charge in [-0.1, -0.05) is 72.8 Å². The molecule has 0 aliphatic heterocycles. The number of anilines is 4. The summed E-state index contributed by atoms with van der Waals surface area (Å²) in [5.41, 5.74) is 1.48. The third-order valence-corrected chi connectivity index (χ3v) is 20.7. The monoisotopic (exact) mass is 1840 g/mol. The van der Waals surface area contributed by atoms with Gasteiger partial charge < -0.3 is 117 Å². The fourth-order valence-corrected chi connectivity index (χ4v) is 15.2. The molecule has 40 heteroatoms. The highest BCUT2D eigenvalue weighted by molar-refractivity contribution is 6.13. The second kappa shape index (κ2) is 47.7. The molecule has 133 heavy (non-hydrogen) atoms. The van der Waals surface area contributed by atoms with Crippen molar-refractivity contribution in [2.45, 2.75) is 158 Å². The molecule has 0 saturated heterocycles. The molecule has 0 aliphatic rings. The molecule has 0 bridgehead atoms. The van der Waals surface area contributed by atoms with Crippen LogP contribution in [-0.4, -0.2) is 283 Å². The Morgan fingerprint density at radius 1 is 0.286 bits per heavy atom. The predicted molar refractivity (Wildman–Crippen MR) is 504 cm³/mol. The first kappa shape index (κ1) is 101. The molecule has 0 atom stereocenters. The Bertz CT molecular complexity index is 5170. The summed E-state index contributed by atoms with van der Waals surface area (Å²) in [5.74, 6) is 3.15. The maximum atomic E-state index is 13.7. The summed E-state index contributed by atoms with van der Waals surface area (Å²) in [5, 5.41) is 70.2. The standard InChI is InChI=1S/C93H128N20O20/c1-13-122-49-69-102-73-77(110(69)53-89(5,6)118)61-25-17-21-29-65(61)98-81(73)106-85(114)94-33-37-126-41-45-130-57-93(58-131-46-42-127-38-34-95-86(115)107-82-74-78(62-26-18-22-30-66(62)99-82)111(54-90(7,8)119)70(103-74)50-123-14-2,59-132-47-43-128-39-35-96-87(116)108-83-75-79(63-27-19-23-31-67(63)100-83)112(55-91(9,10)120)71(104-75)51-124-15-3)60-133-48-44-129-40-36-97-88(117)109-84-76-80(64-28-20-24-32-68(64)101-84)113(56-92(11,12)121)72(105-76)52-125-16-4/h17-32,118-121H,13-16,33-60H2,1-12H3,(H2,94,98,106,114)(H2,95,99,107,115)(H2,96,100,108,116)(H2,97,101,109,117). The van der Waals surface area contributed by atoms with Crippen molar-refractivity contribution in [2.75, 3.05) is 180 Å². The summed E-state index contributed by atoms with van der Waals surface area (Å²) >= 11 is 0. The van der Waals surface area contributed by atoms with Gasteiger partial charge in [0.15, 0.2) is 23.3 Å². The molecule has 8 amide bonds. The zero-order valence-corrected chi connectivity index (χ0v) is 78.1. The molecule has 12 aromatic rings. The molecule has 8 heterocycles. The van der Waals surface area contributed by atoms with Gasteiger partial charge in [0.25, 0.3) is 0 Å². The Balaban J connectivity index is 0.694. The van der Waals surface area contributed by atoms with Gasteiger partial charge >= 0.3 is 24.1 Å². The van der Waals surface area contributed by atoms with Gasteiger partial charge in [-0.05, 0) is 107 Å². The number of imidazole rings is 4. The number of urea groups is 4. The third kappa shape index (κ3) is 28.5. The zero-order valence-electron chi connectivity index (χ0n) is 78.1. The van der Waals surface area contributed by atoms with Crippen molar-refractivity contribution in [1.82, 2.24) is 79.4 Å². The number of carbonyl (C=O) groups is 4. The largest absolute Gasteiger partial charge is 0.389 e. The molecule has 4 aromatic carbocycles. The van der Waals surface area contributed by atoms with E-state index in [1.807, 2.05) is 143 Å². The molecular weight excluding hydrogens is 1720 g/mol. The van der Waals surface area contributed by atoms with Crippen molar-refractivity contribution in [3.63, 3.8) is 0 Å². The number of amides is 8. The van der Waals surface area contributed by atoms with Crippen molar-refractivity contribution < 1.29 is 96.4 Å². The number of para-hydroxylation sites is 4. The lowest BCUT2D eigenvalue weighted by atomic mass is 9.92. The minimum Gasteiger partial charge on any atom is -0.389 e. The lowest BCUT2D eigenvalue weighted by Gasteiger charge is -2.33. The number of pyridine rings is 4. The summed E-state index contributed by atoms with van der Waals surface area (Å²) < 4.78 is 80.5. The van der Waals surface area contributed by atoms with Crippen molar-refractivity contribution in [3.05, 3.63) is 120 Å². The van der Waals surface area contributed by atoms with Crippen LogP contribution in [0, 0.1) is 5.41 Å². The molecular formula is C93H128N20O20. The quantitative estimate of drug-likeness (QED) is 0.0158. The number of aromatic nitrogens is 12. The molecule has 0 radical (unpaired) electrons. The highest BCUT2D eigenvalue weighted by Gasteiger charge is 2.35. The van der Waals surface area contributed by atoms with E-state index in [-0.39, 0.29) is 208 Å².